The Bertz CT molecular complexity index is 400. The van der Waals surface area contributed by atoms with E-state index < -0.39 is 17.2 Å². The first-order valence-corrected chi connectivity index (χ1v) is 5.54. The number of halogens is 2. The van der Waals surface area contributed by atoms with Crippen molar-refractivity contribution in [3.63, 3.8) is 0 Å². The molecule has 0 aliphatic heterocycles. The van der Waals surface area contributed by atoms with Crippen LogP contribution in [-0.4, -0.2) is 11.1 Å². The van der Waals surface area contributed by atoms with E-state index in [-0.39, 0.29) is 5.02 Å². The zero-order valence-electron chi connectivity index (χ0n) is 9.26. The molecule has 0 aromatic heterocycles. The topological polar surface area (TPSA) is 37.3 Å². The van der Waals surface area contributed by atoms with Gasteiger partial charge in [0.25, 0.3) is 0 Å². The first kappa shape index (κ1) is 13.0. The highest BCUT2D eigenvalue weighted by Crippen LogP contribution is 2.36. The van der Waals surface area contributed by atoms with Gasteiger partial charge in [-0.05, 0) is 30.5 Å². The third-order valence-electron chi connectivity index (χ3n) is 3.06. The second kappa shape index (κ2) is 4.83. The summed E-state index contributed by atoms with van der Waals surface area (Å²) in [6.45, 7) is 3.58. The van der Waals surface area contributed by atoms with E-state index in [1.165, 1.54) is 12.1 Å². The molecule has 0 aliphatic carbocycles. The third-order valence-corrected chi connectivity index (χ3v) is 3.38. The predicted octanol–water partition coefficient (Wildman–Crippen LogP) is 3.62. The summed E-state index contributed by atoms with van der Waals surface area (Å²) in [6.07, 6.45) is 0.842. The molecule has 0 amide bonds. The maximum atomic E-state index is 12.9. The number of carboxylic acid groups (broad SMARTS) is 1. The van der Waals surface area contributed by atoms with Crippen molar-refractivity contribution in [2.24, 2.45) is 0 Å². The predicted molar refractivity (Wildman–Crippen MR) is 61.3 cm³/mol. The van der Waals surface area contributed by atoms with Gasteiger partial charge >= 0.3 is 5.97 Å². The molecule has 88 valence electrons. The number of benzene rings is 1. The van der Waals surface area contributed by atoms with Crippen molar-refractivity contribution in [3.05, 3.63) is 34.6 Å². The maximum Gasteiger partial charge on any atom is 0.314 e. The number of carboxylic acids is 1. The Balaban J connectivity index is 3.37. The second-order valence-electron chi connectivity index (χ2n) is 3.72. The molecule has 0 saturated carbocycles. The van der Waals surface area contributed by atoms with Gasteiger partial charge in [0.15, 0.2) is 0 Å². The number of carbonyl (C=O) groups is 1. The third kappa shape index (κ3) is 2.05. The van der Waals surface area contributed by atoms with E-state index in [0.717, 1.165) is 6.07 Å². The molecule has 0 saturated heterocycles. The summed E-state index contributed by atoms with van der Waals surface area (Å²) in [5.41, 5.74) is -0.543. The molecule has 2 nitrogen and oxygen atoms in total. The highest BCUT2D eigenvalue weighted by Gasteiger charge is 2.38. The fourth-order valence-corrected chi connectivity index (χ4v) is 2.27. The summed E-state index contributed by atoms with van der Waals surface area (Å²) >= 11 is 5.91. The summed E-state index contributed by atoms with van der Waals surface area (Å²) in [6, 6.07) is 3.85. The molecule has 0 radical (unpaired) electrons. The van der Waals surface area contributed by atoms with Crippen molar-refractivity contribution < 1.29 is 14.3 Å². The molecule has 1 rings (SSSR count). The molecular formula is C12H14ClFO2. The van der Waals surface area contributed by atoms with E-state index in [1.807, 2.05) is 0 Å². The molecule has 0 unspecified atom stereocenters. The van der Waals surface area contributed by atoms with Gasteiger partial charge in [-0.1, -0.05) is 31.5 Å². The first-order chi connectivity index (χ1) is 7.47. The zero-order chi connectivity index (χ0) is 12.3. The fourth-order valence-electron chi connectivity index (χ4n) is 1.93. The van der Waals surface area contributed by atoms with Crippen LogP contribution in [-0.2, 0) is 10.2 Å². The fraction of sp³-hybridized carbons (Fsp3) is 0.417. The Morgan fingerprint density at radius 3 is 2.38 bits per heavy atom. The molecule has 0 fully saturated rings. The Morgan fingerprint density at radius 1 is 1.44 bits per heavy atom. The standard InChI is InChI=1S/C12H14ClFO2/c1-3-12(4-2,11(15)16)9-6-5-8(14)7-10(9)13/h5-7H,3-4H2,1-2H3,(H,15,16). The highest BCUT2D eigenvalue weighted by molar-refractivity contribution is 6.31. The molecule has 0 bridgehead atoms. The van der Waals surface area contributed by atoms with Gasteiger partial charge in [-0.25, -0.2) is 4.39 Å². The maximum absolute atomic E-state index is 12.9. The minimum Gasteiger partial charge on any atom is -0.481 e. The Kier molecular flexibility index (Phi) is 3.92. The van der Waals surface area contributed by atoms with Crippen molar-refractivity contribution in [1.29, 1.82) is 0 Å². The van der Waals surface area contributed by atoms with E-state index in [1.54, 1.807) is 13.8 Å². The molecule has 0 heterocycles. The number of hydrogen-bond acceptors (Lipinski definition) is 1. The zero-order valence-corrected chi connectivity index (χ0v) is 10.0. The van der Waals surface area contributed by atoms with Gasteiger partial charge in [0.1, 0.15) is 5.82 Å². The normalized spacial score (nSPS) is 11.5. The average molecular weight is 245 g/mol. The van der Waals surface area contributed by atoms with Gasteiger partial charge < -0.3 is 5.11 Å². The molecular weight excluding hydrogens is 231 g/mol. The van der Waals surface area contributed by atoms with Gasteiger partial charge in [0.05, 0.1) is 5.41 Å². The first-order valence-electron chi connectivity index (χ1n) is 5.17. The largest absolute Gasteiger partial charge is 0.481 e. The van der Waals surface area contributed by atoms with E-state index in [0.29, 0.717) is 18.4 Å². The van der Waals surface area contributed by atoms with E-state index in [9.17, 15) is 14.3 Å². The number of rotatable bonds is 4. The van der Waals surface area contributed by atoms with Crippen LogP contribution in [0.25, 0.3) is 0 Å². The summed E-state index contributed by atoms with van der Waals surface area (Å²) in [5, 5.41) is 9.49. The molecule has 4 heteroatoms. The van der Waals surface area contributed by atoms with Crippen molar-refractivity contribution in [2.45, 2.75) is 32.1 Å². The SMILES string of the molecule is CCC(CC)(C(=O)O)c1ccc(F)cc1Cl. The van der Waals surface area contributed by atoms with Crippen molar-refractivity contribution in [2.75, 3.05) is 0 Å². The Hall–Kier alpha value is -1.09. The monoisotopic (exact) mass is 244 g/mol. The lowest BCUT2D eigenvalue weighted by molar-refractivity contribution is -0.144. The summed E-state index contributed by atoms with van der Waals surface area (Å²) in [5.74, 6) is -1.38. The van der Waals surface area contributed by atoms with Crippen LogP contribution in [0.4, 0.5) is 4.39 Å². The van der Waals surface area contributed by atoms with Crippen LogP contribution >= 0.6 is 11.6 Å². The summed E-state index contributed by atoms with van der Waals surface area (Å²) in [4.78, 5) is 11.4. The second-order valence-corrected chi connectivity index (χ2v) is 4.13. The molecule has 0 aliphatic rings. The van der Waals surface area contributed by atoms with Gasteiger partial charge in [-0.2, -0.15) is 0 Å². The van der Waals surface area contributed by atoms with Crippen LogP contribution in [0.1, 0.15) is 32.3 Å². The summed E-state index contributed by atoms with van der Waals surface area (Å²) in [7, 11) is 0. The Labute approximate surface area is 99.0 Å². The minimum atomic E-state index is -1.02. The number of hydrogen-bond donors (Lipinski definition) is 1. The number of aliphatic carboxylic acids is 1. The molecule has 1 aromatic carbocycles. The van der Waals surface area contributed by atoms with Gasteiger partial charge in [0.2, 0.25) is 0 Å². The van der Waals surface area contributed by atoms with E-state index in [2.05, 4.69) is 0 Å². The molecule has 1 aromatic rings. The van der Waals surface area contributed by atoms with Crippen molar-refractivity contribution in [1.82, 2.24) is 0 Å². The lowest BCUT2D eigenvalue weighted by atomic mass is 9.76. The molecule has 0 spiro atoms. The van der Waals surface area contributed by atoms with Crippen LogP contribution in [0.2, 0.25) is 5.02 Å². The van der Waals surface area contributed by atoms with E-state index in [4.69, 9.17) is 11.6 Å². The quantitative estimate of drug-likeness (QED) is 0.878. The smallest absolute Gasteiger partial charge is 0.314 e. The lowest BCUT2D eigenvalue weighted by Gasteiger charge is -2.28. The van der Waals surface area contributed by atoms with Crippen LogP contribution < -0.4 is 0 Å². The average Bonchev–Trinajstić information content (AvgIpc) is 2.22. The van der Waals surface area contributed by atoms with E-state index >= 15 is 0 Å². The van der Waals surface area contributed by atoms with Gasteiger partial charge in [0, 0.05) is 5.02 Å². The molecule has 1 N–H and O–H groups in total. The minimum absolute atomic E-state index is 0.172. The van der Waals surface area contributed by atoms with Crippen molar-refractivity contribution in [3.8, 4) is 0 Å². The summed E-state index contributed by atoms with van der Waals surface area (Å²) < 4.78 is 12.9. The lowest BCUT2D eigenvalue weighted by Crippen LogP contribution is -2.34. The van der Waals surface area contributed by atoms with Crippen LogP contribution in [0, 0.1) is 5.82 Å². The highest BCUT2D eigenvalue weighted by atomic mass is 35.5. The van der Waals surface area contributed by atoms with Gasteiger partial charge in [-0.3, -0.25) is 4.79 Å². The molecule has 16 heavy (non-hydrogen) atoms. The molecule has 0 atom stereocenters. The van der Waals surface area contributed by atoms with Crippen LogP contribution in [0.15, 0.2) is 18.2 Å². The Morgan fingerprint density at radius 2 is 2.00 bits per heavy atom. The van der Waals surface area contributed by atoms with Crippen molar-refractivity contribution >= 4 is 17.6 Å². The van der Waals surface area contributed by atoms with Crippen LogP contribution in [0.3, 0.4) is 0 Å². The van der Waals surface area contributed by atoms with Gasteiger partial charge in [-0.15, -0.1) is 0 Å². The van der Waals surface area contributed by atoms with Crippen LogP contribution in [0.5, 0.6) is 0 Å².